The van der Waals surface area contributed by atoms with E-state index < -0.39 is 34.1 Å². The second-order valence-corrected chi connectivity index (χ2v) is 12.1. The van der Waals surface area contributed by atoms with Gasteiger partial charge in [-0.2, -0.15) is 4.31 Å². The Morgan fingerprint density at radius 2 is 1.65 bits per heavy atom. The number of carbonyl (C=O) groups excluding carboxylic acids is 2. The molecule has 8 nitrogen and oxygen atoms in total. The van der Waals surface area contributed by atoms with Crippen molar-refractivity contribution in [2.75, 3.05) is 20.7 Å². The molecule has 0 saturated heterocycles. The first-order valence-corrected chi connectivity index (χ1v) is 13.5. The highest BCUT2D eigenvalue weighted by Crippen LogP contribution is 2.22. The number of fused-ring (bicyclic) bond motifs is 1. The number of sulfonamides is 1. The summed E-state index contributed by atoms with van der Waals surface area (Å²) in [6, 6.07) is 18.7. The number of hydrogen-bond donors (Lipinski definition) is 1. The van der Waals surface area contributed by atoms with Crippen LogP contribution >= 0.6 is 0 Å². The molecule has 0 aliphatic heterocycles. The third-order valence-electron chi connectivity index (χ3n) is 5.94. The second kappa shape index (κ2) is 11.3. The molecular weight excluding hydrogens is 490 g/mol. The van der Waals surface area contributed by atoms with Crippen LogP contribution in [0.5, 0.6) is 5.75 Å². The van der Waals surface area contributed by atoms with Crippen LogP contribution in [-0.4, -0.2) is 61.7 Å². The summed E-state index contributed by atoms with van der Waals surface area (Å²) in [5, 5.41) is 4.61. The molecule has 0 aliphatic carbocycles. The summed E-state index contributed by atoms with van der Waals surface area (Å²) in [6.45, 7) is 6.89. The van der Waals surface area contributed by atoms with Gasteiger partial charge in [0.2, 0.25) is 21.8 Å². The van der Waals surface area contributed by atoms with E-state index in [0.29, 0.717) is 5.75 Å². The number of ether oxygens (including phenoxy) is 1. The van der Waals surface area contributed by atoms with E-state index in [0.717, 1.165) is 20.6 Å². The van der Waals surface area contributed by atoms with Crippen LogP contribution in [0.15, 0.2) is 71.6 Å². The maximum absolute atomic E-state index is 13.5. The summed E-state index contributed by atoms with van der Waals surface area (Å²) in [4.78, 5) is 28.0. The van der Waals surface area contributed by atoms with Gasteiger partial charge in [-0.15, -0.1) is 0 Å². The molecule has 198 valence electrons. The van der Waals surface area contributed by atoms with Crippen molar-refractivity contribution in [3.05, 3.63) is 72.3 Å². The smallest absolute Gasteiger partial charge is 0.243 e. The minimum Gasteiger partial charge on any atom is -0.497 e. The third-order valence-corrected chi connectivity index (χ3v) is 7.74. The Bertz CT molecular complexity index is 1380. The number of hydrogen-bond acceptors (Lipinski definition) is 5. The average Bonchev–Trinajstić information content (AvgIpc) is 2.85. The number of benzene rings is 3. The zero-order valence-electron chi connectivity index (χ0n) is 22.2. The lowest BCUT2D eigenvalue weighted by atomic mass is 10.1. The van der Waals surface area contributed by atoms with Crippen molar-refractivity contribution in [1.82, 2.24) is 14.5 Å². The molecule has 1 atom stereocenters. The maximum atomic E-state index is 13.5. The molecule has 0 heterocycles. The quantitative estimate of drug-likeness (QED) is 0.459. The van der Waals surface area contributed by atoms with Crippen molar-refractivity contribution < 1.29 is 22.7 Å². The van der Waals surface area contributed by atoms with E-state index in [4.69, 9.17) is 4.74 Å². The molecule has 3 aromatic rings. The Morgan fingerprint density at radius 1 is 0.973 bits per heavy atom. The van der Waals surface area contributed by atoms with Crippen LogP contribution in [0.2, 0.25) is 0 Å². The first-order valence-electron chi connectivity index (χ1n) is 12.0. The van der Waals surface area contributed by atoms with Crippen LogP contribution < -0.4 is 10.1 Å². The lowest BCUT2D eigenvalue weighted by molar-refractivity contribution is -0.141. The largest absolute Gasteiger partial charge is 0.497 e. The van der Waals surface area contributed by atoms with Gasteiger partial charge in [0.25, 0.3) is 0 Å². The Kier molecular flexibility index (Phi) is 8.60. The molecule has 9 heteroatoms. The summed E-state index contributed by atoms with van der Waals surface area (Å²) in [5.74, 6) is -0.206. The first kappa shape index (κ1) is 28.1. The molecule has 0 spiro atoms. The van der Waals surface area contributed by atoms with Gasteiger partial charge in [0.1, 0.15) is 11.8 Å². The number of rotatable bonds is 9. The highest BCUT2D eigenvalue weighted by molar-refractivity contribution is 7.89. The van der Waals surface area contributed by atoms with E-state index in [1.807, 2.05) is 51.1 Å². The van der Waals surface area contributed by atoms with E-state index >= 15 is 0 Å². The summed E-state index contributed by atoms with van der Waals surface area (Å²) >= 11 is 0. The number of nitrogens with zero attached hydrogens (tertiary/aromatic N) is 2. The van der Waals surface area contributed by atoms with Gasteiger partial charge in [-0.1, -0.05) is 42.5 Å². The highest BCUT2D eigenvalue weighted by Gasteiger charge is 2.31. The van der Waals surface area contributed by atoms with Crippen LogP contribution in [0.4, 0.5) is 0 Å². The molecular formula is C28H35N3O5S. The molecule has 0 radical (unpaired) electrons. The fraction of sp³-hybridized carbons (Fsp3) is 0.357. The Balaban J connectivity index is 1.87. The van der Waals surface area contributed by atoms with Gasteiger partial charge in [-0.25, -0.2) is 8.42 Å². The summed E-state index contributed by atoms with van der Waals surface area (Å²) in [7, 11) is -1.04. The number of methoxy groups -OCH3 is 1. The fourth-order valence-corrected chi connectivity index (χ4v) is 5.05. The van der Waals surface area contributed by atoms with Gasteiger partial charge in [-0.3, -0.25) is 9.59 Å². The molecule has 3 rings (SSSR count). The molecule has 37 heavy (non-hydrogen) atoms. The Labute approximate surface area is 219 Å². The Hall–Kier alpha value is -3.43. The molecule has 0 bridgehead atoms. The summed E-state index contributed by atoms with van der Waals surface area (Å²) in [5.41, 5.74) is 0.259. The maximum Gasteiger partial charge on any atom is 0.243 e. The lowest BCUT2D eigenvalue weighted by Gasteiger charge is -2.32. The minimum atomic E-state index is -3.95. The van der Waals surface area contributed by atoms with Crippen LogP contribution in [0.3, 0.4) is 0 Å². The highest BCUT2D eigenvalue weighted by atomic mass is 32.2. The van der Waals surface area contributed by atoms with Crippen molar-refractivity contribution in [1.29, 1.82) is 0 Å². The topological polar surface area (TPSA) is 96.0 Å². The lowest BCUT2D eigenvalue weighted by Crippen LogP contribution is -2.54. The van der Waals surface area contributed by atoms with Gasteiger partial charge in [0.15, 0.2) is 0 Å². The fourth-order valence-electron chi connectivity index (χ4n) is 3.90. The van der Waals surface area contributed by atoms with Crippen molar-refractivity contribution in [2.45, 2.75) is 50.7 Å². The number of carbonyl (C=O) groups is 2. The van der Waals surface area contributed by atoms with E-state index in [1.54, 1.807) is 44.4 Å². The normalized spacial score (nSPS) is 12.8. The van der Waals surface area contributed by atoms with E-state index in [2.05, 4.69) is 5.32 Å². The van der Waals surface area contributed by atoms with Crippen LogP contribution in [0.1, 0.15) is 33.3 Å². The van der Waals surface area contributed by atoms with E-state index in [1.165, 1.54) is 18.0 Å². The molecule has 0 fully saturated rings. The number of amides is 2. The molecule has 0 aromatic heterocycles. The molecule has 0 aliphatic rings. The van der Waals surface area contributed by atoms with E-state index in [9.17, 15) is 18.0 Å². The summed E-state index contributed by atoms with van der Waals surface area (Å²) in [6.07, 6.45) is 0. The van der Waals surface area contributed by atoms with Crippen LogP contribution in [0.25, 0.3) is 10.8 Å². The monoisotopic (exact) mass is 525 g/mol. The van der Waals surface area contributed by atoms with Crippen LogP contribution in [0, 0.1) is 0 Å². The summed E-state index contributed by atoms with van der Waals surface area (Å²) < 4.78 is 33.0. The molecule has 0 unspecified atom stereocenters. The predicted octanol–water partition coefficient (Wildman–Crippen LogP) is 3.80. The predicted molar refractivity (Wildman–Crippen MR) is 145 cm³/mol. The molecule has 3 aromatic carbocycles. The molecule has 1 N–H and O–H groups in total. The van der Waals surface area contributed by atoms with Crippen molar-refractivity contribution in [2.24, 2.45) is 0 Å². The van der Waals surface area contributed by atoms with Crippen LogP contribution in [-0.2, 0) is 26.2 Å². The van der Waals surface area contributed by atoms with Gasteiger partial charge < -0.3 is 15.0 Å². The third kappa shape index (κ3) is 7.08. The van der Waals surface area contributed by atoms with Crippen molar-refractivity contribution >= 4 is 32.6 Å². The number of likely N-dealkylation sites (N-methyl/N-ethyl adjacent to an activating group) is 1. The van der Waals surface area contributed by atoms with Gasteiger partial charge in [-0.05, 0) is 68.3 Å². The molecule has 2 amide bonds. The SMILES string of the molecule is COc1cccc(CN(C(=O)CN(C)S(=O)(=O)c2ccc3ccccc3c2)[C@H](C)C(=O)NC(C)(C)C)c1. The average molecular weight is 526 g/mol. The first-order chi connectivity index (χ1) is 17.3. The zero-order chi connectivity index (χ0) is 27.4. The second-order valence-electron chi connectivity index (χ2n) is 10.1. The minimum absolute atomic E-state index is 0.0966. The van der Waals surface area contributed by atoms with Gasteiger partial charge in [0.05, 0.1) is 18.6 Å². The zero-order valence-corrected chi connectivity index (χ0v) is 23.0. The van der Waals surface area contributed by atoms with Crippen molar-refractivity contribution in [3.8, 4) is 5.75 Å². The number of nitrogens with one attached hydrogen (secondary N) is 1. The van der Waals surface area contributed by atoms with Gasteiger partial charge >= 0.3 is 0 Å². The Morgan fingerprint density at radius 3 is 2.30 bits per heavy atom. The standard InChI is InChI=1S/C28H35N3O5S/c1-20(27(33)29-28(2,3)4)31(18-21-10-9-13-24(16-21)36-6)26(32)19-30(5)37(34,35)25-15-14-22-11-7-8-12-23(22)17-25/h7-17,20H,18-19H2,1-6H3,(H,29,33)/t20-/m1/s1. The van der Waals surface area contributed by atoms with E-state index in [-0.39, 0.29) is 17.3 Å². The van der Waals surface area contributed by atoms with Gasteiger partial charge in [0, 0.05) is 19.1 Å². The van der Waals surface area contributed by atoms with Crippen molar-refractivity contribution in [3.63, 3.8) is 0 Å². The molecule has 0 saturated carbocycles.